The topological polar surface area (TPSA) is 55.8 Å². The third kappa shape index (κ3) is 22.5. The molecule has 0 atom stereocenters. The lowest BCUT2D eigenvalue weighted by atomic mass is 9.97. The minimum absolute atomic E-state index is 0. The van der Waals surface area contributed by atoms with Crippen LogP contribution in [-0.2, 0) is 11.2 Å². The molecule has 1 aromatic carbocycles. The number of aliphatic hydroxyl groups excluding tert-OH is 1. The highest BCUT2D eigenvalue weighted by Gasteiger charge is 2.22. The molecule has 0 bridgehead atoms. The Labute approximate surface area is 220 Å². The van der Waals surface area contributed by atoms with Crippen LogP contribution in [0.4, 0.5) is 0 Å². The molecule has 2 heterocycles. The molecule has 0 aromatic heterocycles. The molecule has 2 saturated heterocycles. The number of nitrogens with zero attached hydrogens (tertiary/aromatic N) is 2. The Kier molecular flexibility index (Phi) is 27.8. The van der Waals surface area contributed by atoms with Gasteiger partial charge in [0.15, 0.2) is 0 Å². The molecule has 2 N–H and O–H groups in total. The summed E-state index contributed by atoms with van der Waals surface area (Å²) in [5, 5.41) is 10.4. The summed E-state index contributed by atoms with van der Waals surface area (Å²) in [4.78, 5) is 15.8. The van der Waals surface area contributed by atoms with Crippen molar-refractivity contribution in [2.75, 3.05) is 52.9 Å². The van der Waals surface area contributed by atoms with E-state index in [1.54, 1.807) is 0 Å². The van der Waals surface area contributed by atoms with Crippen LogP contribution in [0.5, 0.6) is 0 Å². The summed E-state index contributed by atoms with van der Waals surface area (Å²) in [6.45, 7) is 21.7. The molecule has 5 heteroatoms. The number of carbonyl (C=O) groups is 1. The second kappa shape index (κ2) is 24.0. The van der Waals surface area contributed by atoms with Crippen molar-refractivity contribution < 1.29 is 9.90 Å². The Morgan fingerprint density at radius 1 is 1.00 bits per heavy atom. The number of hydrogen-bond acceptors (Lipinski definition) is 4. The van der Waals surface area contributed by atoms with Crippen molar-refractivity contribution in [2.45, 2.75) is 76.2 Å². The molecule has 2 aliphatic heterocycles. The maximum absolute atomic E-state index is 11.4. The molecule has 35 heavy (non-hydrogen) atoms. The number of piperazine rings is 1. The van der Waals surface area contributed by atoms with Gasteiger partial charge in [-0.25, -0.2) is 0 Å². The number of aryl methyl sites for hydroxylation is 1. The third-order valence-corrected chi connectivity index (χ3v) is 5.08. The first-order chi connectivity index (χ1) is 15.2. The number of hydrogen-bond donors (Lipinski definition) is 2. The number of amides is 1. The van der Waals surface area contributed by atoms with Gasteiger partial charge in [-0.1, -0.05) is 93.8 Å². The van der Waals surface area contributed by atoms with Gasteiger partial charge in [0.05, 0.1) is 0 Å². The lowest BCUT2D eigenvalue weighted by Gasteiger charge is -2.37. The summed E-state index contributed by atoms with van der Waals surface area (Å²) in [6.07, 6.45) is 5.15. The van der Waals surface area contributed by atoms with E-state index in [-0.39, 0.29) is 28.2 Å². The van der Waals surface area contributed by atoms with Crippen LogP contribution < -0.4 is 5.32 Å². The first kappa shape index (κ1) is 40.5. The monoisotopic (exact) mass is 495 g/mol. The van der Waals surface area contributed by atoms with E-state index in [4.69, 9.17) is 5.11 Å². The smallest absolute Gasteiger partial charge is 0.246 e. The molecule has 208 valence electrons. The van der Waals surface area contributed by atoms with Crippen LogP contribution in [0.1, 0.15) is 75.3 Å². The second-order valence-corrected chi connectivity index (χ2v) is 9.86. The fraction of sp³-hybridized carbons (Fsp3) is 0.700. The zero-order valence-corrected chi connectivity index (χ0v) is 21.6. The van der Waals surface area contributed by atoms with Gasteiger partial charge in [0.25, 0.3) is 0 Å². The second-order valence-electron chi connectivity index (χ2n) is 9.86. The first-order valence-corrected chi connectivity index (χ1v) is 12.1. The van der Waals surface area contributed by atoms with Crippen molar-refractivity contribution in [1.82, 2.24) is 15.1 Å². The normalized spacial score (nSPS) is 15.5. The molecule has 0 spiro atoms. The lowest BCUT2D eigenvalue weighted by molar-refractivity contribution is -0.127. The van der Waals surface area contributed by atoms with Crippen LogP contribution in [0.3, 0.4) is 0 Å². The van der Waals surface area contributed by atoms with E-state index in [0.29, 0.717) is 5.41 Å². The highest BCUT2D eigenvalue weighted by Crippen LogP contribution is 2.14. The van der Waals surface area contributed by atoms with E-state index in [0.717, 1.165) is 45.6 Å². The van der Waals surface area contributed by atoms with E-state index in [2.05, 4.69) is 75.7 Å². The van der Waals surface area contributed by atoms with Gasteiger partial charge in [-0.2, -0.15) is 0 Å². The van der Waals surface area contributed by atoms with Crippen molar-refractivity contribution in [2.24, 2.45) is 11.3 Å². The summed E-state index contributed by atoms with van der Waals surface area (Å²) in [7, 11) is 1.00. The van der Waals surface area contributed by atoms with Crippen molar-refractivity contribution in [3.05, 3.63) is 48.6 Å². The molecule has 0 aliphatic carbocycles. The van der Waals surface area contributed by atoms with Crippen LogP contribution in [-0.4, -0.2) is 73.7 Å². The van der Waals surface area contributed by atoms with Gasteiger partial charge in [0, 0.05) is 39.8 Å². The maximum atomic E-state index is 11.4. The van der Waals surface area contributed by atoms with E-state index in [1.165, 1.54) is 44.1 Å². The zero-order chi connectivity index (χ0) is 24.4. The van der Waals surface area contributed by atoms with Gasteiger partial charge in [-0.05, 0) is 55.3 Å². The molecule has 5 nitrogen and oxygen atoms in total. The van der Waals surface area contributed by atoms with Gasteiger partial charge in [0.2, 0.25) is 5.91 Å². The van der Waals surface area contributed by atoms with Crippen molar-refractivity contribution in [3.8, 4) is 0 Å². The number of carbonyl (C=O) groups excluding carboxylic acids is 1. The van der Waals surface area contributed by atoms with Gasteiger partial charge < -0.3 is 15.3 Å². The van der Waals surface area contributed by atoms with Crippen LogP contribution in [0.25, 0.3) is 0 Å². The van der Waals surface area contributed by atoms with Crippen LogP contribution in [0.2, 0.25) is 0 Å². The van der Waals surface area contributed by atoms with Crippen LogP contribution in [0.15, 0.2) is 43.0 Å². The molecule has 3 rings (SSSR count). The summed E-state index contributed by atoms with van der Waals surface area (Å²) in [5.41, 5.74) is 1.91. The van der Waals surface area contributed by atoms with E-state index >= 15 is 0 Å². The lowest BCUT2D eigenvalue weighted by Crippen LogP contribution is -2.50. The molecule has 1 aromatic rings. The highest BCUT2D eigenvalue weighted by atomic mass is 16.2. The summed E-state index contributed by atoms with van der Waals surface area (Å²) >= 11 is 0. The van der Waals surface area contributed by atoms with E-state index in [1.807, 2.05) is 11.0 Å². The summed E-state index contributed by atoms with van der Waals surface area (Å²) in [6, 6.07) is 10.5. The van der Waals surface area contributed by atoms with Gasteiger partial charge >= 0.3 is 0 Å². The number of benzene rings is 1. The van der Waals surface area contributed by atoms with E-state index in [9.17, 15) is 4.79 Å². The molecule has 0 radical (unpaired) electrons. The van der Waals surface area contributed by atoms with Crippen LogP contribution >= 0.6 is 0 Å². The Morgan fingerprint density at radius 2 is 1.46 bits per heavy atom. The van der Waals surface area contributed by atoms with Crippen molar-refractivity contribution in [3.63, 3.8) is 0 Å². The number of nitrogens with one attached hydrogen (secondary N) is 1. The molecule has 2 aliphatic rings. The maximum Gasteiger partial charge on any atom is 0.246 e. The number of aliphatic hydroxyl groups is 1. The fourth-order valence-electron chi connectivity index (χ4n) is 3.42. The van der Waals surface area contributed by atoms with Gasteiger partial charge in [-0.3, -0.25) is 9.69 Å². The average Bonchev–Trinajstić information content (AvgIpc) is 2.81. The van der Waals surface area contributed by atoms with Gasteiger partial charge in [0.1, 0.15) is 0 Å². The molecule has 2 fully saturated rings. The Morgan fingerprint density at radius 3 is 1.83 bits per heavy atom. The van der Waals surface area contributed by atoms with Crippen molar-refractivity contribution >= 4 is 5.91 Å². The molecule has 1 amide bonds. The molecular formula is C30H61N3O2. The minimum atomic E-state index is 0. The predicted molar refractivity (Wildman–Crippen MR) is 158 cm³/mol. The zero-order valence-electron chi connectivity index (χ0n) is 21.6. The molecular weight excluding hydrogens is 434 g/mol. The Hall–Kier alpha value is -1.69. The highest BCUT2D eigenvalue weighted by molar-refractivity contribution is 5.87. The van der Waals surface area contributed by atoms with E-state index < -0.39 is 0 Å². The van der Waals surface area contributed by atoms with Gasteiger partial charge in [-0.15, -0.1) is 0 Å². The summed E-state index contributed by atoms with van der Waals surface area (Å²) < 4.78 is 0. The minimum Gasteiger partial charge on any atom is -0.400 e. The average molecular weight is 496 g/mol. The third-order valence-electron chi connectivity index (χ3n) is 5.08. The first-order valence-electron chi connectivity index (χ1n) is 12.1. The predicted octanol–water partition coefficient (Wildman–Crippen LogP) is 6.13. The van der Waals surface area contributed by atoms with Crippen molar-refractivity contribution in [1.29, 1.82) is 0 Å². The number of piperidine rings is 1. The Balaban J connectivity index is -0.000000226. The quantitative estimate of drug-likeness (QED) is 0.493. The largest absolute Gasteiger partial charge is 0.400 e. The number of rotatable bonds is 4. The fourth-order valence-corrected chi connectivity index (χ4v) is 3.42. The summed E-state index contributed by atoms with van der Waals surface area (Å²) in [5.74, 6) is 0.921. The SMILES string of the molecule is C.C.C.C=CC(=O)N1CCN(CC2CCNCC2)CC1.CC(C)(C)C.CCc1ccccc1.CO. The van der Waals surface area contributed by atoms with Crippen LogP contribution in [0, 0.1) is 11.3 Å². The molecule has 0 unspecified atom stereocenters. The standard InChI is InChI=1S/C13H23N3O.C8H10.C5H12.CH4O.3CH4/c1-2-13(17)16-9-7-15(8-10-16)11-12-3-5-14-6-4-12;1-2-8-6-4-3-5-7-8;1-5(2,3)4;1-2;;;/h2,12,14H,1,3-11H2;3-7H,2H2,1H3;1-4H3;2H,1H3;3*1H4. The molecule has 0 saturated carbocycles. The Bertz CT molecular complexity index is 579.